The molecule has 26 heavy (non-hydrogen) atoms. The highest BCUT2D eigenvalue weighted by molar-refractivity contribution is 5.68. The number of carbonyl (C=O) groups excluding carboxylic acids is 1. The number of ether oxygens (including phenoxy) is 2. The van der Waals surface area contributed by atoms with Gasteiger partial charge in [0, 0.05) is 5.54 Å². The van der Waals surface area contributed by atoms with Crippen LogP contribution in [-0.2, 0) is 9.47 Å². The summed E-state index contributed by atoms with van der Waals surface area (Å²) in [5.41, 5.74) is -0.347. The summed E-state index contributed by atoms with van der Waals surface area (Å²) in [4.78, 5) is 12.3. The minimum Gasteiger partial charge on any atom is -0.443 e. The summed E-state index contributed by atoms with van der Waals surface area (Å²) in [7, 11) is 0. The van der Waals surface area contributed by atoms with Crippen LogP contribution in [0.25, 0.3) is 0 Å². The predicted molar refractivity (Wildman–Crippen MR) is 103 cm³/mol. The van der Waals surface area contributed by atoms with E-state index in [4.69, 9.17) is 9.47 Å². The number of hydrogen-bond donors (Lipinski definition) is 2. The predicted octanol–water partition coefficient (Wildman–Crippen LogP) is 4.27. The van der Waals surface area contributed by atoms with Gasteiger partial charge in [0.15, 0.2) is 0 Å². The summed E-state index contributed by atoms with van der Waals surface area (Å²) in [5, 5.41) is 13.8. The molecule has 0 bridgehead atoms. The molecule has 1 aliphatic carbocycles. The molecule has 1 aliphatic heterocycles. The van der Waals surface area contributed by atoms with Crippen molar-refractivity contribution in [1.29, 1.82) is 0 Å². The van der Waals surface area contributed by atoms with E-state index >= 15 is 0 Å². The average molecular weight is 370 g/mol. The molecule has 4 atom stereocenters. The minimum atomic E-state index is -0.640. The van der Waals surface area contributed by atoms with Crippen LogP contribution in [0.2, 0.25) is 0 Å². The zero-order valence-corrected chi connectivity index (χ0v) is 17.3. The van der Waals surface area contributed by atoms with Gasteiger partial charge in [-0.15, -0.1) is 0 Å². The summed E-state index contributed by atoms with van der Waals surface area (Å²) >= 11 is 0. The van der Waals surface area contributed by atoms with Crippen LogP contribution in [-0.4, -0.2) is 41.7 Å². The first-order valence-electron chi connectivity index (χ1n) is 10.4. The van der Waals surface area contributed by atoms with Crippen molar-refractivity contribution >= 4 is 6.09 Å². The van der Waals surface area contributed by atoms with Crippen LogP contribution in [0.3, 0.4) is 0 Å². The molecule has 152 valence electrons. The Morgan fingerprint density at radius 2 is 1.85 bits per heavy atom. The number of hydrogen-bond acceptors (Lipinski definition) is 4. The molecule has 1 saturated heterocycles. The van der Waals surface area contributed by atoms with Gasteiger partial charge in [0.05, 0.1) is 18.8 Å². The summed E-state index contributed by atoms with van der Waals surface area (Å²) in [5.74, 6) is 1.30. The van der Waals surface area contributed by atoms with Crippen LogP contribution in [0.15, 0.2) is 0 Å². The van der Waals surface area contributed by atoms with Crippen molar-refractivity contribution in [2.75, 3.05) is 6.61 Å². The van der Waals surface area contributed by atoms with Gasteiger partial charge in [0.2, 0.25) is 0 Å². The van der Waals surface area contributed by atoms with Gasteiger partial charge < -0.3 is 19.9 Å². The SMILES string of the molecule is CC(C)[C@H](C[C@H](O)[C@H](CC1CCCCC1)OC(=O)NC(C)(C)C)C1CO1. The molecule has 0 aromatic carbocycles. The zero-order chi connectivity index (χ0) is 19.3. The largest absolute Gasteiger partial charge is 0.443 e. The molecule has 1 unspecified atom stereocenters. The van der Waals surface area contributed by atoms with Gasteiger partial charge in [0.1, 0.15) is 6.10 Å². The molecule has 0 spiro atoms. The van der Waals surface area contributed by atoms with E-state index in [1.807, 2.05) is 20.8 Å². The van der Waals surface area contributed by atoms with Crippen LogP contribution in [0.1, 0.15) is 79.6 Å². The van der Waals surface area contributed by atoms with Gasteiger partial charge in [-0.2, -0.15) is 0 Å². The maximum atomic E-state index is 12.3. The molecule has 1 heterocycles. The van der Waals surface area contributed by atoms with Gasteiger partial charge in [-0.3, -0.25) is 0 Å². The smallest absolute Gasteiger partial charge is 0.407 e. The lowest BCUT2D eigenvalue weighted by molar-refractivity contribution is -0.0291. The summed E-state index contributed by atoms with van der Waals surface area (Å²) < 4.78 is 11.2. The lowest BCUT2D eigenvalue weighted by atomic mass is 9.81. The first-order chi connectivity index (χ1) is 12.2. The van der Waals surface area contributed by atoms with E-state index in [1.54, 1.807) is 0 Å². The molecule has 1 saturated carbocycles. The molecule has 0 radical (unpaired) electrons. The fraction of sp³-hybridized carbons (Fsp3) is 0.952. The molecule has 5 heteroatoms. The van der Waals surface area contributed by atoms with Crippen LogP contribution in [0.4, 0.5) is 4.79 Å². The van der Waals surface area contributed by atoms with E-state index in [0.29, 0.717) is 24.2 Å². The fourth-order valence-electron chi connectivity index (χ4n) is 4.09. The number of epoxide rings is 1. The molecule has 2 aliphatic rings. The van der Waals surface area contributed by atoms with E-state index < -0.39 is 18.3 Å². The number of alkyl carbamates (subject to hydrolysis) is 1. The Bertz CT molecular complexity index is 434. The van der Waals surface area contributed by atoms with Crippen LogP contribution >= 0.6 is 0 Å². The van der Waals surface area contributed by atoms with Gasteiger partial charge >= 0.3 is 6.09 Å². The van der Waals surface area contributed by atoms with Crippen molar-refractivity contribution in [2.24, 2.45) is 17.8 Å². The Labute approximate surface area is 159 Å². The second kappa shape index (κ2) is 9.41. The zero-order valence-electron chi connectivity index (χ0n) is 17.3. The van der Waals surface area contributed by atoms with Crippen molar-refractivity contribution in [3.8, 4) is 0 Å². The molecule has 0 aromatic rings. The summed E-state index contributed by atoms with van der Waals surface area (Å²) in [6.07, 6.45) is 6.25. The molecule has 2 N–H and O–H groups in total. The number of carbonyl (C=O) groups is 1. The van der Waals surface area contributed by atoms with Crippen LogP contribution < -0.4 is 5.32 Å². The third-order valence-corrected chi connectivity index (χ3v) is 5.66. The lowest BCUT2D eigenvalue weighted by Gasteiger charge is -2.32. The van der Waals surface area contributed by atoms with E-state index in [9.17, 15) is 9.90 Å². The van der Waals surface area contributed by atoms with Crippen molar-refractivity contribution in [2.45, 2.75) is 103 Å². The molecule has 1 amide bonds. The lowest BCUT2D eigenvalue weighted by Crippen LogP contribution is -2.45. The standard InChI is InChI=1S/C21H39NO4/c1-14(2)16(19-13-25-19)12-17(23)18(11-15-9-7-6-8-10-15)26-20(24)22-21(3,4)5/h14-19,23H,6-13H2,1-5H3,(H,22,24)/t16-,17-,18-,19?/m0/s1. The van der Waals surface area contributed by atoms with Gasteiger partial charge in [0.25, 0.3) is 0 Å². The number of aliphatic hydroxyl groups excluding tert-OH is 1. The van der Waals surface area contributed by atoms with Crippen molar-refractivity contribution < 1.29 is 19.4 Å². The second-order valence-electron chi connectivity index (χ2n) is 9.64. The number of amides is 1. The van der Waals surface area contributed by atoms with E-state index in [-0.39, 0.29) is 11.6 Å². The molecule has 2 rings (SSSR count). The molecule has 0 aromatic heterocycles. The Morgan fingerprint density at radius 3 is 2.35 bits per heavy atom. The highest BCUT2D eigenvalue weighted by Gasteiger charge is 2.38. The fourth-order valence-corrected chi connectivity index (χ4v) is 4.09. The summed E-state index contributed by atoms with van der Waals surface area (Å²) in [6.45, 7) is 10.9. The van der Waals surface area contributed by atoms with Gasteiger partial charge in [-0.25, -0.2) is 4.79 Å². The normalized spacial score (nSPS) is 24.8. The van der Waals surface area contributed by atoms with E-state index in [1.165, 1.54) is 32.1 Å². The number of rotatable bonds is 8. The quantitative estimate of drug-likeness (QED) is 0.627. The highest BCUT2D eigenvalue weighted by atomic mass is 16.6. The third-order valence-electron chi connectivity index (χ3n) is 5.66. The monoisotopic (exact) mass is 369 g/mol. The van der Waals surface area contributed by atoms with Crippen LogP contribution in [0.5, 0.6) is 0 Å². The Hall–Kier alpha value is -0.810. The topological polar surface area (TPSA) is 71.1 Å². The molecule has 5 nitrogen and oxygen atoms in total. The maximum Gasteiger partial charge on any atom is 0.407 e. The number of nitrogens with one attached hydrogen (secondary N) is 1. The Kier molecular flexibility index (Phi) is 7.77. The third kappa shape index (κ3) is 7.43. The van der Waals surface area contributed by atoms with Gasteiger partial charge in [-0.1, -0.05) is 46.0 Å². The second-order valence-corrected chi connectivity index (χ2v) is 9.64. The van der Waals surface area contributed by atoms with Crippen molar-refractivity contribution in [3.05, 3.63) is 0 Å². The highest BCUT2D eigenvalue weighted by Crippen LogP contribution is 2.34. The van der Waals surface area contributed by atoms with E-state index in [0.717, 1.165) is 13.0 Å². The first-order valence-corrected chi connectivity index (χ1v) is 10.4. The number of aliphatic hydroxyl groups is 1. The maximum absolute atomic E-state index is 12.3. The molecular formula is C21H39NO4. The first kappa shape index (κ1) is 21.5. The summed E-state index contributed by atoms with van der Waals surface area (Å²) in [6, 6.07) is 0. The Morgan fingerprint density at radius 1 is 1.23 bits per heavy atom. The average Bonchev–Trinajstić information content (AvgIpc) is 3.35. The Balaban J connectivity index is 1.98. The molecular weight excluding hydrogens is 330 g/mol. The van der Waals surface area contributed by atoms with E-state index in [2.05, 4.69) is 19.2 Å². The minimum absolute atomic E-state index is 0.253. The van der Waals surface area contributed by atoms with Crippen molar-refractivity contribution in [3.63, 3.8) is 0 Å². The van der Waals surface area contributed by atoms with Crippen LogP contribution in [0, 0.1) is 17.8 Å². The van der Waals surface area contributed by atoms with Crippen molar-refractivity contribution in [1.82, 2.24) is 5.32 Å². The van der Waals surface area contributed by atoms with Gasteiger partial charge in [-0.05, 0) is 51.4 Å². The molecule has 2 fully saturated rings.